The highest BCUT2D eigenvalue weighted by atomic mass is 32.1. The third kappa shape index (κ3) is 3.02. The van der Waals surface area contributed by atoms with E-state index in [1.54, 1.807) is 29.5 Å². The molecule has 1 fully saturated rings. The molecule has 1 aliphatic heterocycles. The van der Waals surface area contributed by atoms with E-state index >= 15 is 0 Å². The molecule has 0 bridgehead atoms. The van der Waals surface area contributed by atoms with Gasteiger partial charge in [0, 0.05) is 11.3 Å². The van der Waals surface area contributed by atoms with Gasteiger partial charge in [0.25, 0.3) is 0 Å². The lowest BCUT2D eigenvalue weighted by Gasteiger charge is -2.26. The summed E-state index contributed by atoms with van der Waals surface area (Å²) in [5.74, 6) is -0.653. The van der Waals surface area contributed by atoms with Gasteiger partial charge in [-0.3, -0.25) is 0 Å². The zero-order valence-corrected chi connectivity index (χ0v) is 13.7. The van der Waals surface area contributed by atoms with Gasteiger partial charge >= 0.3 is 5.97 Å². The minimum Gasteiger partial charge on any atom is -0.507 e. The molecule has 0 saturated carbocycles. The van der Waals surface area contributed by atoms with E-state index < -0.39 is 11.6 Å². The maximum atomic E-state index is 12.6. The molecule has 1 atom stereocenters. The number of aryl methyl sites for hydroxylation is 1. The van der Waals surface area contributed by atoms with E-state index in [1.165, 1.54) is 6.07 Å². The van der Waals surface area contributed by atoms with Crippen molar-refractivity contribution in [2.75, 3.05) is 13.2 Å². The van der Waals surface area contributed by atoms with Crippen LogP contribution in [0.1, 0.15) is 32.1 Å². The molecule has 0 aliphatic carbocycles. The number of benzene rings is 1. The molecule has 0 radical (unpaired) electrons. The molecule has 120 valence electrons. The van der Waals surface area contributed by atoms with Gasteiger partial charge in [0.15, 0.2) is 5.60 Å². The molecule has 2 aromatic rings. The van der Waals surface area contributed by atoms with Crippen LogP contribution in [-0.4, -0.2) is 24.3 Å². The smallest absolute Gasteiger partial charge is 0.342 e. The van der Waals surface area contributed by atoms with E-state index in [4.69, 9.17) is 9.47 Å². The van der Waals surface area contributed by atoms with Gasteiger partial charge in [0.1, 0.15) is 11.3 Å². The summed E-state index contributed by atoms with van der Waals surface area (Å²) in [6.45, 7) is 6.57. The summed E-state index contributed by atoms with van der Waals surface area (Å²) >= 11 is 1.60. The Morgan fingerprint density at radius 2 is 2.26 bits per heavy atom. The molecule has 2 heterocycles. The van der Waals surface area contributed by atoms with Gasteiger partial charge in [-0.05, 0) is 36.8 Å². The largest absolute Gasteiger partial charge is 0.507 e. The van der Waals surface area contributed by atoms with E-state index in [0.29, 0.717) is 19.6 Å². The lowest BCUT2D eigenvalue weighted by molar-refractivity contribution is -0.0242. The molecular formula is C18H18O4S. The molecule has 0 amide bonds. The van der Waals surface area contributed by atoms with Crippen LogP contribution in [0.3, 0.4) is 0 Å². The van der Waals surface area contributed by atoms with Crippen molar-refractivity contribution >= 4 is 23.4 Å². The van der Waals surface area contributed by atoms with E-state index in [9.17, 15) is 9.90 Å². The summed E-state index contributed by atoms with van der Waals surface area (Å²) < 4.78 is 11.3. The summed E-state index contributed by atoms with van der Waals surface area (Å²) in [6.07, 6.45) is 2.23. The normalized spacial score (nSPS) is 20.4. The lowest BCUT2D eigenvalue weighted by Crippen LogP contribution is -2.32. The Labute approximate surface area is 139 Å². The fourth-order valence-electron chi connectivity index (χ4n) is 2.63. The SMILES string of the molecule is C=Cc1ccc(O)c(C(=O)OC2(c3ccc(C)s3)CCOC2)c1. The highest BCUT2D eigenvalue weighted by molar-refractivity contribution is 7.12. The van der Waals surface area contributed by atoms with Crippen molar-refractivity contribution in [3.8, 4) is 5.75 Å². The average Bonchev–Trinajstić information content (AvgIpc) is 3.17. The number of esters is 1. The molecule has 5 heteroatoms. The maximum absolute atomic E-state index is 12.6. The number of carbonyl (C=O) groups is 1. The summed E-state index contributed by atoms with van der Waals surface area (Å²) in [5.41, 5.74) is 0.118. The highest BCUT2D eigenvalue weighted by Crippen LogP contribution is 2.39. The van der Waals surface area contributed by atoms with Crippen molar-refractivity contribution in [3.05, 3.63) is 57.8 Å². The molecular weight excluding hydrogens is 312 g/mol. The first-order valence-electron chi connectivity index (χ1n) is 7.37. The lowest BCUT2D eigenvalue weighted by atomic mass is 10.0. The summed E-state index contributed by atoms with van der Waals surface area (Å²) in [7, 11) is 0. The Morgan fingerprint density at radius 3 is 2.87 bits per heavy atom. The molecule has 1 N–H and O–H groups in total. The zero-order valence-electron chi connectivity index (χ0n) is 12.9. The molecule has 1 saturated heterocycles. The van der Waals surface area contributed by atoms with E-state index in [-0.39, 0.29) is 11.3 Å². The molecule has 1 aliphatic rings. The van der Waals surface area contributed by atoms with Crippen LogP contribution in [0.15, 0.2) is 36.9 Å². The predicted octanol–water partition coefficient (Wildman–Crippen LogP) is 3.88. The van der Waals surface area contributed by atoms with Gasteiger partial charge in [-0.15, -0.1) is 11.3 Å². The number of hydrogen-bond acceptors (Lipinski definition) is 5. The Kier molecular flexibility index (Phi) is 4.24. The molecule has 4 nitrogen and oxygen atoms in total. The van der Waals surface area contributed by atoms with Crippen LogP contribution in [0.25, 0.3) is 6.08 Å². The summed E-state index contributed by atoms with van der Waals surface area (Å²) in [5, 5.41) is 9.97. The Morgan fingerprint density at radius 1 is 1.43 bits per heavy atom. The minimum atomic E-state index is -0.771. The third-order valence-electron chi connectivity index (χ3n) is 3.94. The highest BCUT2D eigenvalue weighted by Gasteiger charge is 2.42. The molecule has 1 unspecified atom stereocenters. The number of phenolic OH excluding ortho intramolecular Hbond substituents is 1. The van der Waals surface area contributed by atoms with Gasteiger partial charge in [-0.2, -0.15) is 0 Å². The molecule has 23 heavy (non-hydrogen) atoms. The van der Waals surface area contributed by atoms with Crippen molar-refractivity contribution in [2.45, 2.75) is 18.9 Å². The first-order chi connectivity index (χ1) is 11.0. The molecule has 0 spiro atoms. The van der Waals surface area contributed by atoms with Gasteiger partial charge in [-0.1, -0.05) is 18.7 Å². The number of rotatable bonds is 4. The van der Waals surface area contributed by atoms with Gasteiger partial charge in [-0.25, -0.2) is 4.79 Å². The van der Waals surface area contributed by atoms with Crippen LogP contribution < -0.4 is 0 Å². The fraction of sp³-hybridized carbons (Fsp3) is 0.278. The zero-order chi connectivity index (χ0) is 16.4. The van der Waals surface area contributed by atoms with Crippen molar-refractivity contribution in [3.63, 3.8) is 0 Å². The van der Waals surface area contributed by atoms with Crippen molar-refractivity contribution in [1.29, 1.82) is 0 Å². The molecule has 1 aromatic carbocycles. The topological polar surface area (TPSA) is 55.8 Å². The monoisotopic (exact) mass is 330 g/mol. The number of aromatic hydroxyl groups is 1. The van der Waals surface area contributed by atoms with Crippen LogP contribution in [0, 0.1) is 6.92 Å². The van der Waals surface area contributed by atoms with Crippen LogP contribution >= 0.6 is 11.3 Å². The predicted molar refractivity (Wildman–Crippen MR) is 89.8 cm³/mol. The first-order valence-corrected chi connectivity index (χ1v) is 8.19. The first kappa shape index (κ1) is 15.8. The third-order valence-corrected chi connectivity index (χ3v) is 5.13. The Balaban J connectivity index is 1.92. The van der Waals surface area contributed by atoms with Crippen LogP contribution in [0.5, 0.6) is 5.75 Å². The number of ether oxygens (including phenoxy) is 2. The number of thiophene rings is 1. The summed E-state index contributed by atoms with van der Waals surface area (Å²) in [4.78, 5) is 14.7. The Bertz CT molecular complexity index is 741. The maximum Gasteiger partial charge on any atom is 0.342 e. The molecule has 3 rings (SSSR count). The van der Waals surface area contributed by atoms with Crippen molar-refractivity contribution < 1.29 is 19.4 Å². The van der Waals surface area contributed by atoms with E-state index in [1.807, 2.05) is 19.1 Å². The van der Waals surface area contributed by atoms with Gasteiger partial charge in [0.05, 0.1) is 18.1 Å². The van der Waals surface area contributed by atoms with Crippen LogP contribution in [-0.2, 0) is 15.1 Å². The number of carbonyl (C=O) groups excluding carboxylic acids is 1. The number of phenols is 1. The standard InChI is InChI=1S/C18H18O4S/c1-3-13-5-6-15(19)14(10-13)17(20)22-18(8-9-21-11-18)16-7-4-12(2)23-16/h3-7,10,19H,1,8-9,11H2,2H3. The second-order valence-corrected chi connectivity index (χ2v) is 6.87. The quantitative estimate of drug-likeness (QED) is 0.865. The minimum absolute atomic E-state index is 0.1000. The van der Waals surface area contributed by atoms with Crippen molar-refractivity contribution in [1.82, 2.24) is 0 Å². The van der Waals surface area contributed by atoms with Crippen LogP contribution in [0.4, 0.5) is 0 Å². The van der Waals surface area contributed by atoms with Crippen molar-refractivity contribution in [2.24, 2.45) is 0 Å². The molecule has 1 aromatic heterocycles. The number of hydrogen-bond donors (Lipinski definition) is 1. The van der Waals surface area contributed by atoms with E-state index in [0.717, 1.165) is 15.3 Å². The fourth-order valence-corrected chi connectivity index (χ4v) is 3.64. The van der Waals surface area contributed by atoms with E-state index in [2.05, 4.69) is 6.58 Å². The summed E-state index contributed by atoms with van der Waals surface area (Å²) in [6, 6.07) is 8.72. The second kappa shape index (κ2) is 6.18. The average molecular weight is 330 g/mol. The van der Waals surface area contributed by atoms with Gasteiger partial charge in [0.2, 0.25) is 0 Å². The van der Waals surface area contributed by atoms with Gasteiger partial charge < -0.3 is 14.6 Å². The second-order valence-electron chi connectivity index (χ2n) is 5.58. The van der Waals surface area contributed by atoms with Crippen LogP contribution in [0.2, 0.25) is 0 Å². The Hall–Kier alpha value is -2.11.